The molecule has 0 saturated heterocycles. The van der Waals surface area contributed by atoms with E-state index in [0.29, 0.717) is 22.5 Å². The van der Waals surface area contributed by atoms with Gasteiger partial charge >= 0.3 is 0 Å². The second-order valence-electron chi connectivity index (χ2n) is 5.87. The molecule has 0 bridgehead atoms. The van der Waals surface area contributed by atoms with Crippen molar-refractivity contribution < 1.29 is 14.3 Å². The van der Waals surface area contributed by atoms with Gasteiger partial charge in [0.05, 0.1) is 0 Å². The average molecular weight is 404 g/mol. The summed E-state index contributed by atoms with van der Waals surface area (Å²) in [5.41, 5.74) is 1.78. The third kappa shape index (κ3) is 4.81. The lowest BCUT2D eigenvalue weighted by atomic mass is 10.2. The fraction of sp³-hybridized carbons (Fsp3) is 0.211. The zero-order valence-corrected chi connectivity index (χ0v) is 16.4. The van der Waals surface area contributed by atoms with E-state index in [2.05, 4.69) is 10.4 Å². The number of thioether (sulfide) groups is 1. The molecule has 2 amide bonds. The zero-order valence-electron chi connectivity index (χ0n) is 14.8. The molecule has 2 aromatic rings. The highest BCUT2D eigenvalue weighted by Crippen LogP contribution is 2.42. The number of carbonyl (C=O) groups excluding carboxylic acids is 2. The first-order valence-electron chi connectivity index (χ1n) is 8.23. The quantitative estimate of drug-likeness (QED) is 0.839. The fourth-order valence-corrected chi connectivity index (χ4v) is 3.82. The number of hydrogen-bond donors (Lipinski definition) is 1. The molecule has 0 aromatic heterocycles. The summed E-state index contributed by atoms with van der Waals surface area (Å²) in [6.07, 6.45) is 0. The van der Waals surface area contributed by atoms with Gasteiger partial charge in [-0.05, 0) is 23.8 Å². The van der Waals surface area contributed by atoms with Gasteiger partial charge in [0.25, 0.3) is 0 Å². The molecule has 0 spiro atoms. The number of rotatable bonds is 4. The van der Waals surface area contributed by atoms with Crippen LogP contribution in [0.15, 0.2) is 53.6 Å². The van der Waals surface area contributed by atoms with Crippen LogP contribution in [-0.2, 0) is 16.2 Å². The summed E-state index contributed by atoms with van der Waals surface area (Å²) in [7, 11) is 0. The first-order chi connectivity index (χ1) is 12.9. The van der Waals surface area contributed by atoms with E-state index in [0.717, 1.165) is 11.1 Å². The molecule has 8 heteroatoms. The van der Waals surface area contributed by atoms with Crippen LogP contribution in [0.2, 0.25) is 5.02 Å². The lowest BCUT2D eigenvalue weighted by Crippen LogP contribution is -2.25. The van der Waals surface area contributed by atoms with Crippen molar-refractivity contribution >= 4 is 40.3 Å². The lowest BCUT2D eigenvalue weighted by Gasteiger charge is -2.21. The highest BCUT2D eigenvalue weighted by Gasteiger charge is 2.34. The number of carbonyl (C=O) groups is 2. The third-order valence-electron chi connectivity index (χ3n) is 3.74. The molecule has 1 aliphatic rings. The van der Waals surface area contributed by atoms with Gasteiger partial charge in [0.1, 0.15) is 17.7 Å². The molecule has 6 nitrogen and oxygen atoms in total. The van der Waals surface area contributed by atoms with Gasteiger partial charge in [-0.2, -0.15) is 0 Å². The number of hydrogen-bond acceptors (Lipinski definition) is 5. The number of halogens is 1. The Morgan fingerprint density at radius 2 is 1.89 bits per heavy atom. The first kappa shape index (κ1) is 19.3. The normalized spacial score (nSPS) is 16.0. The van der Waals surface area contributed by atoms with Crippen LogP contribution in [0, 0.1) is 0 Å². The van der Waals surface area contributed by atoms with Crippen LogP contribution in [0.25, 0.3) is 0 Å². The predicted octanol–water partition coefficient (Wildman–Crippen LogP) is 3.92. The molecule has 27 heavy (non-hydrogen) atoms. The second-order valence-corrected chi connectivity index (χ2v) is 7.38. The van der Waals surface area contributed by atoms with Gasteiger partial charge in [-0.15, -0.1) is 5.10 Å². The molecule has 140 valence electrons. The molecule has 0 saturated carbocycles. The van der Waals surface area contributed by atoms with Crippen molar-refractivity contribution in [1.82, 2.24) is 10.3 Å². The Balaban J connectivity index is 1.81. The SMILES string of the molecule is CC(=O)NC1=NN(C(C)=O)C(c2ccccc2OCc2ccc(Cl)cc2)S1. The number of nitrogens with one attached hydrogen (secondary N) is 1. The van der Waals surface area contributed by atoms with Crippen LogP contribution < -0.4 is 10.1 Å². The standard InChI is InChI=1S/C19H18ClN3O3S/c1-12(24)21-19-22-23(13(2)25)18(27-19)16-5-3-4-6-17(16)26-11-14-7-9-15(20)10-8-14/h3-10,18H,11H2,1-2H3,(H,21,22,24). The van der Waals surface area contributed by atoms with Crippen molar-refractivity contribution in [3.63, 3.8) is 0 Å². The van der Waals surface area contributed by atoms with E-state index in [1.165, 1.54) is 30.6 Å². The third-order valence-corrected chi connectivity index (χ3v) is 5.08. The highest BCUT2D eigenvalue weighted by molar-refractivity contribution is 8.14. The van der Waals surface area contributed by atoms with Crippen LogP contribution in [0.3, 0.4) is 0 Å². The number of para-hydroxylation sites is 1. The molecule has 1 unspecified atom stereocenters. The summed E-state index contributed by atoms with van der Waals surface area (Å²) in [6, 6.07) is 14.9. The summed E-state index contributed by atoms with van der Waals surface area (Å²) in [5.74, 6) is 0.188. The molecule has 1 heterocycles. The van der Waals surface area contributed by atoms with Crippen molar-refractivity contribution in [2.75, 3.05) is 0 Å². The lowest BCUT2D eigenvalue weighted by molar-refractivity contribution is -0.129. The van der Waals surface area contributed by atoms with Crippen molar-refractivity contribution in [3.05, 3.63) is 64.7 Å². The summed E-state index contributed by atoms with van der Waals surface area (Å²) in [6.45, 7) is 3.20. The van der Waals surface area contributed by atoms with Crippen LogP contribution >= 0.6 is 23.4 Å². The minimum atomic E-state index is -0.411. The fourth-order valence-electron chi connectivity index (χ4n) is 2.52. The summed E-state index contributed by atoms with van der Waals surface area (Å²) in [5, 5.41) is 8.84. The number of benzene rings is 2. The number of hydrazone groups is 1. The maximum absolute atomic E-state index is 12.0. The van der Waals surface area contributed by atoms with Gasteiger partial charge in [-0.3, -0.25) is 9.59 Å². The zero-order chi connectivity index (χ0) is 19.4. The van der Waals surface area contributed by atoms with Crippen LogP contribution in [0.5, 0.6) is 5.75 Å². The molecule has 1 atom stereocenters. The van der Waals surface area contributed by atoms with Crippen LogP contribution in [0.4, 0.5) is 0 Å². The Labute approximate surface area is 166 Å². The minimum absolute atomic E-state index is 0.222. The van der Waals surface area contributed by atoms with Gasteiger partial charge in [0.15, 0.2) is 5.17 Å². The van der Waals surface area contributed by atoms with E-state index < -0.39 is 5.37 Å². The van der Waals surface area contributed by atoms with Crippen LogP contribution in [0.1, 0.15) is 30.3 Å². The first-order valence-corrected chi connectivity index (χ1v) is 9.48. The molecule has 2 aromatic carbocycles. The summed E-state index contributed by atoms with van der Waals surface area (Å²) < 4.78 is 5.99. The number of amidine groups is 1. The van der Waals surface area contributed by atoms with Crippen molar-refractivity contribution in [2.45, 2.75) is 25.8 Å². The molecule has 1 aliphatic heterocycles. The van der Waals surface area contributed by atoms with Gasteiger partial charge < -0.3 is 10.1 Å². The van der Waals surface area contributed by atoms with Gasteiger partial charge in [0.2, 0.25) is 11.8 Å². The van der Waals surface area contributed by atoms with Crippen molar-refractivity contribution in [3.8, 4) is 5.75 Å². The van der Waals surface area contributed by atoms with Crippen molar-refractivity contribution in [1.29, 1.82) is 0 Å². The van der Waals surface area contributed by atoms with E-state index in [1.54, 1.807) is 0 Å². The minimum Gasteiger partial charge on any atom is -0.489 e. The maximum Gasteiger partial charge on any atom is 0.241 e. The Hall–Kier alpha value is -2.51. The Morgan fingerprint density at radius 1 is 1.19 bits per heavy atom. The topological polar surface area (TPSA) is 71.0 Å². The van der Waals surface area contributed by atoms with Gasteiger partial charge in [0, 0.05) is 24.4 Å². The molecule has 0 aliphatic carbocycles. The monoisotopic (exact) mass is 403 g/mol. The number of amides is 2. The highest BCUT2D eigenvalue weighted by atomic mass is 35.5. The number of nitrogens with zero attached hydrogens (tertiary/aromatic N) is 2. The smallest absolute Gasteiger partial charge is 0.241 e. The second kappa shape index (κ2) is 8.45. The molecular weight excluding hydrogens is 386 g/mol. The number of ether oxygens (including phenoxy) is 1. The molecular formula is C19H18ClN3O3S. The van der Waals surface area contributed by atoms with Gasteiger partial charge in [-0.1, -0.05) is 53.7 Å². The molecule has 0 radical (unpaired) electrons. The summed E-state index contributed by atoms with van der Waals surface area (Å²) >= 11 is 7.20. The largest absolute Gasteiger partial charge is 0.489 e. The van der Waals surface area contributed by atoms with E-state index in [1.807, 2.05) is 48.5 Å². The van der Waals surface area contributed by atoms with E-state index in [9.17, 15) is 9.59 Å². The summed E-state index contributed by atoms with van der Waals surface area (Å²) in [4.78, 5) is 23.4. The Bertz CT molecular complexity index is 886. The predicted molar refractivity (Wildman–Crippen MR) is 106 cm³/mol. The van der Waals surface area contributed by atoms with E-state index >= 15 is 0 Å². The van der Waals surface area contributed by atoms with Gasteiger partial charge in [-0.25, -0.2) is 5.01 Å². The van der Waals surface area contributed by atoms with E-state index in [-0.39, 0.29) is 11.8 Å². The average Bonchev–Trinajstić information content (AvgIpc) is 3.05. The van der Waals surface area contributed by atoms with Crippen molar-refractivity contribution in [2.24, 2.45) is 5.10 Å². The molecule has 3 rings (SSSR count). The van der Waals surface area contributed by atoms with Crippen LogP contribution in [-0.4, -0.2) is 22.0 Å². The molecule has 1 N–H and O–H groups in total. The maximum atomic E-state index is 12.0. The Morgan fingerprint density at radius 3 is 2.56 bits per heavy atom. The molecule has 0 fully saturated rings. The van der Waals surface area contributed by atoms with E-state index in [4.69, 9.17) is 16.3 Å². The Kier molecular flexibility index (Phi) is 6.03.